The maximum Gasteiger partial charge on any atom is 0.322 e. The Labute approximate surface area is 107 Å². The monoisotopic (exact) mass is 249 g/mol. The van der Waals surface area contributed by atoms with Crippen LogP contribution in [0.5, 0.6) is 0 Å². The highest BCUT2D eigenvalue weighted by Crippen LogP contribution is 2.21. The van der Waals surface area contributed by atoms with Crippen LogP contribution in [0.15, 0.2) is 36.6 Å². The third-order valence-corrected chi connectivity index (χ3v) is 3.52. The van der Waals surface area contributed by atoms with Crippen molar-refractivity contribution in [1.82, 2.24) is 15.3 Å². The fourth-order valence-electron chi connectivity index (χ4n) is 2.42. The van der Waals surface area contributed by atoms with E-state index in [1.165, 1.54) is 5.06 Å². The fourth-order valence-corrected chi connectivity index (χ4v) is 2.42. The first-order chi connectivity index (χ1) is 8.65. The number of hydrogen-bond donors (Lipinski definition) is 2. The predicted octanol–water partition coefficient (Wildman–Crippen LogP) is 1.49. The van der Waals surface area contributed by atoms with E-state index in [4.69, 9.17) is 0 Å². The Balaban J connectivity index is 2.11. The van der Waals surface area contributed by atoms with Gasteiger partial charge in [0.05, 0.1) is 0 Å². The number of nitrogens with one attached hydrogen (secondary N) is 1. The Hall–Kier alpha value is -1.59. The summed E-state index contributed by atoms with van der Waals surface area (Å²) < 4.78 is 0. The largest absolute Gasteiger partial charge is 0.322 e. The molecule has 1 saturated heterocycles. The van der Waals surface area contributed by atoms with Gasteiger partial charge in [-0.05, 0) is 24.5 Å². The summed E-state index contributed by atoms with van der Waals surface area (Å²) in [5.74, 6) is 0. The molecule has 98 valence electrons. The van der Waals surface area contributed by atoms with Crippen molar-refractivity contribution in [3.8, 4) is 0 Å². The van der Waals surface area contributed by atoms with E-state index < -0.39 is 0 Å². The van der Waals surface area contributed by atoms with E-state index in [1.54, 1.807) is 12.2 Å². The number of hydroxylamine groups is 2. The van der Waals surface area contributed by atoms with Gasteiger partial charge >= 0.3 is 6.03 Å². The standard InChI is InChI=1S/C13H19N3O2/c1-3-10-9-16(13(17)14-12(10)4-2)11-5-7-15(18)8-6-11/h3-4,11,18H,1-2,5-9H2,(H,14,17). The Kier molecular flexibility index (Phi) is 3.84. The highest BCUT2D eigenvalue weighted by atomic mass is 16.5. The van der Waals surface area contributed by atoms with Gasteiger partial charge in [-0.3, -0.25) is 0 Å². The third-order valence-electron chi connectivity index (χ3n) is 3.52. The van der Waals surface area contributed by atoms with Gasteiger partial charge in [0.15, 0.2) is 0 Å². The molecule has 0 aromatic carbocycles. The summed E-state index contributed by atoms with van der Waals surface area (Å²) in [6, 6.07) is 0.0848. The lowest BCUT2D eigenvalue weighted by Gasteiger charge is -2.39. The third kappa shape index (κ3) is 2.47. The first kappa shape index (κ1) is 12.9. The van der Waals surface area contributed by atoms with Gasteiger partial charge in [-0.25, -0.2) is 4.79 Å². The van der Waals surface area contributed by atoms with Crippen LogP contribution in [0.2, 0.25) is 0 Å². The average Bonchev–Trinajstić information content (AvgIpc) is 2.39. The van der Waals surface area contributed by atoms with Crippen LogP contribution < -0.4 is 5.32 Å². The van der Waals surface area contributed by atoms with Gasteiger partial charge < -0.3 is 15.4 Å². The van der Waals surface area contributed by atoms with Crippen LogP contribution in [0.1, 0.15) is 12.8 Å². The van der Waals surface area contributed by atoms with Crippen molar-refractivity contribution >= 4 is 6.03 Å². The SMILES string of the molecule is C=CC1=C(C=C)NC(=O)N(C2CCN(O)CC2)C1. The number of carbonyl (C=O) groups excluding carboxylic acids is 1. The number of allylic oxidation sites excluding steroid dienone is 1. The molecule has 0 aromatic heterocycles. The highest BCUT2D eigenvalue weighted by molar-refractivity contribution is 5.79. The summed E-state index contributed by atoms with van der Waals surface area (Å²) >= 11 is 0. The van der Waals surface area contributed by atoms with E-state index in [2.05, 4.69) is 18.5 Å². The summed E-state index contributed by atoms with van der Waals surface area (Å²) in [7, 11) is 0. The highest BCUT2D eigenvalue weighted by Gasteiger charge is 2.30. The minimum Gasteiger partial charge on any atom is -0.317 e. The van der Waals surface area contributed by atoms with Crippen LogP contribution in [0.4, 0.5) is 4.79 Å². The number of urea groups is 1. The molecule has 0 aromatic rings. The summed E-state index contributed by atoms with van der Waals surface area (Å²) in [6.07, 6.45) is 4.97. The molecule has 2 aliphatic heterocycles. The maximum absolute atomic E-state index is 12.0. The second kappa shape index (κ2) is 5.37. The molecule has 5 heteroatoms. The Morgan fingerprint density at radius 1 is 1.28 bits per heavy atom. The smallest absolute Gasteiger partial charge is 0.317 e. The van der Waals surface area contributed by atoms with Crippen molar-refractivity contribution in [2.75, 3.05) is 19.6 Å². The fraction of sp³-hybridized carbons (Fsp3) is 0.462. The number of rotatable bonds is 3. The van der Waals surface area contributed by atoms with Crippen LogP contribution in [0, 0.1) is 0 Å². The van der Waals surface area contributed by atoms with E-state index in [-0.39, 0.29) is 12.1 Å². The molecule has 0 spiro atoms. The van der Waals surface area contributed by atoms with Gasteiger partial charge in [-0.1, -0.05) is 19.2 Å². The number of amides is 2. The molecule has 0 unspecified atom stereocenters. The Bertz CT molecular complexity index is 395. The molecule has 0 aliphatic carbocycles. The molecular formula is C13H19N3O2. The lowest BCUT2D eigenvalue weighted by Crippen LogP contribution is -2.53. The van der Waals surface area contributed by atoms with Gasteiger partial charge in [0.25, 0.3) is 0 Å². The van der Waals surface area contributed by atoms with Crippen molar-refractivity contribution in [1.29, 1.82) is 0 Å². The molecule has 2 aliphatic rings. The van der Waals surface area contributed by atoms with Gasteiger partial charge in [-0.15, -0.1) is 0 Å². The average molecular weight is 249 g/mol. The zero-order chi connectivity index (χ0) is 13.1. The maximum atomic E-state index is 12.0. The normalized spacial score (nSPS) is 22.9. The second-order valence-electron chi connectivity index (χ2n) is 4.59. The van der Waals surface area contributed by atoms with Crippen molar-refractivity contribution in [3.05, 3.63) is 36.6 Å². The zero-order valence-electron chi connectivity index (χ0n) is 10.4. The van der Waals surface area contributed by atoms with Crippen LogP contribution in [0.25, 0.3) is 0 Å². The van der Waals surface area contributed by atoms with Crippen LogP contribution in [-0.4, -0.2) is 46.9 Å². The van der Waals surface area contributed by atoms with Gasteiger partial charge in [-0.2, -0.15) is 5.06 Å². The molecule has 0 saturated carbocycles. The molecule has 0 atom stereocenters. The van der Waals surface area contributed by atoms with Crippen molar-refractivity contribution in [3.63, 3.8) is 0 Å². The van der Waals surface area contributed by atoms with Crippen LogP contribution in [-0.2, 0) is 0 Å². The van der Waals surface area contributed by atoms with E-state index in [0.29, 0.717) is 19.6 Å². The molecule has 0 bridgehead atoms. The molecule has 18 heavy (non-hydrogen) atoms. The summed E-state index contributed by atoms with van der Waals surface area (Å²) in [5.41, 5.74) is 1.72. The minimum atomic E-state index is -0.0908. The van der Waals surface area contributed by atoms with Crippen molar-refractivity contribution < 1.29 is 10.0 Å². The van der Waals surface area contributed by atoms with Crippen LogP contribution >= 0.6 is 0 Å². The quantitative estimate of drug-likeness (QED) is 0.796. The van der Waals surface area contributed by atoms with Gasteiger partial charge in [0.1, 0.15) is 0 Å². The Morgan fingerprint density at radius 3 is 2.50 bits per heavy atom. The lowest BCUT2D eigenvalue weighted by molar-refractivity contribution is -0.113. The van der Waals surface area contributed by atoms with Crippen LogP contribution in [0.3, 0.4) is 0 Å². The number of piperidine rings is 1. The second-order valence-corrected chi connectivity index (χ2v) is 4.59. The molecule has 0 radical (unpaired) electrons. The number of hydrogen-bond acceptors (Lipinski definition) is 3. The number of carbonyl (C=O) groups is 1. The van der Waals surface area contributed by atoms with E-state index in [0.717, 1.165) is 24.1 Å². The Morgan fingerprint density at radius 2 is 1.94 bits per heavy atom. The topological polar surface area (TPSA) is 55.8 Å². The van der Waals surface area contributed by atoms with E-state index in [9.17, 15) is 10.0 Å². The summed E-state index contributed by atoms with van der Waals surface area (Å²) in [4.78, 5) is 13.8. The summed E-state index contributed by atoms with van der Waals surface area (Å²) in [5, 5.41) is 13.5. The first-order valence-corrected chi connectivity index (χ1v) is 6.15. The molecule has 1 fully saturated rings. The molecular weight excluding hydrogens is 230 g/mol. The first-order valence-electron chi connectivity index (χ1n) is 6.15. The predicted molar refractivity (Wildman–Crippen MR) is 69.0 cm³/mol. The molecule has 2 amide bonds. The van der Waals surface area contributed by atoms with E-state index in [1.807, 2.05) is 4.90 Å². The molecule has 2 heterocycles. The van der Waals surface area contributed by atoms with E-state index >= 15 is 0 Å². The van der Waals surface area contributed by atoms with Crippen molar-refractivity contribution in [2.24, 2.45) is 0 Å². The lowest BCUT2D eigenvalue weighted by atomic mass is 10.0. The van der Waals surface area contributed by atoms with Crippen molar-refractivity contribution in [2.45, 2.75) is 18.9 Å². The summed E-state index contributed by atoms with van der Waals surface area (Å²) in [6.45, 7) is 9.23. The molecule has 5 nitrogen and oxygen atoms in total. The number of nitrogens with zero attached hydrogens (tertiary/aromatic N) is 2. The van der Waals surface area contributed by atoms with Gasteiger partial charge in [0, 0.05) is 31.4 Å². The minimum absolute atomic E-state index is 0.0908. The zero-order valence-corrected chi connectivity index (χ0v) is 10.4. The van der Waals surface area contributed by atoms with Gasteiger partial charge in [0.2, 0.25) is 0 Å². The molecule has 2 N–H and O–H groups in total. The molecule has 2 rings (SSSR count).